The average molecular weight is 297 g/mol. The fraction of sp³-hybridized carbons (Fsp3) is 0.875. The van der Waals surface area contributed by atoms with Gasteiger partial charge in [-0.15, -0.1) is 0 Å². The molecule has 1 unspecified atom stereocenters. The fourth-order valence-electron chi connectivity index (χ4n) is 3.96. The molecule has 21 heavy (non-hydrogen) atoms. The molecule has 0 aliphatic heterocycles. The van der Waals surface area contributed by atoms with Crippen LogP contribution in [0.4, 0.5) is 0 Å². The number of carboxylic acid groups (broad SMARTS) is 1. The molecular formula is C16H27NO4. The quantitative estimate of drug-likeness (QED) is 0.697. The van der Waals surface area contributed by atoms with Crippen LogP contribution in [0.3, 0.4) is 0 Å². The van der Waals surface area contributed by atoms with Gasteiger partial charge in [0.1, 0.15) is 0 Å². The van der Waals surface area contributed by atoms with Crippen LogP contribution in [0.5, 0.6) is 0 Å². The fourth-order valence-corrected chi connectivity index (χ4v) is 3.96. The summed E-state index contributed by atoms with van der Waals surface area (Å²) in [6, 6.07) is 0. The van der Waals surface area contributed by atoms with Crippen LogP contribution in [0.1, 0.15) is 51.9 Å². The lowest BCUT2D eigenvalue weighted by molar-refractivity contribution is -0.146. The minimum Gasteiger partial charge on any atom is -0.481 e. The highest BCUT2D eigenvalue weighted by atomic mass is 16.4. The predicted molar refractivity (Wildman–Crippen MR) is 78.6 cm³/mol. The van der Waals surface area contributed by atoms with Crippen LogP contribution in [0.15, 0.2) is 0 Å². The van der Waals surface area contributed by atoms with Crippen molar-refractivity contribution < 1.29 is 19.8 Å². The van der Waals surface area contributed by atoms with Gasteiger partial charge in [-0.3, -0.25) is 9.59 Å². The van der Waals surface area contributed by atoms with E-state index in [0.29, 0.717) is 25.3 Å². The normalized spacial score (nSPS) is 31.2. The van der Waals surface area contributed by atoms with Gasteiger partial charge < -0.3 is 15.5 Å². The van der Waals surface area contributed by atoms with Crippen molar-refractivity contribution in [1.82, 2.24) is 5.32 Å². The van der Waals surface area contributed by atoms with E-state index < -0.39 is 17.8 Å². The highest BCUT2D eigenvalue weighted by Gasteiger charge is 2.43. The topological polar surface area (TPSA) is 86.6 Å². The molecule has 0 spiro atoms. The summed E-state index contributed by atoms with van der Waals surface area (Å²) < 4.78 is 0. The zero-order chi connectivity index (χ0) is 15.5. The molecule has 0 saturated heterocycles. The second-order valence-corrected chi connectivity index (χ2v) is 6.88. The zero-order valence-electron chi connectivity index (χ0n) is 12.8. The lowest BCUT2D eigenvalue weighted by Crippen LogP contribution is -2.42. The number of aliphatic carboxylic acids is 1. The summed E-state index contributed by atoms with van der Waals surface area (Å²) in [6.07, 6.45) is 6.27. The third kappa shape index (κ3) is 3.57. The van der Waals surface area contributed by atoms with Crippen LogP contribution >= 0.6 is 0 Å². The van der Waals surface area contributed by atoms with Crippen molar-refractivity contribution in [1.29, 1.82) is 0 Å². The number of hydrogen-bond acceptors (Lipinski definition) is 3. The first-order valence-electron chi connectivity index (χ1n) is 8.12. The third-order valence-corrected chi connectivity index (χ3v) is 5.53. The summed E-state index contributed by atoms with van der Waals surface area (Å²) in [6.45, 7) is 2.61. The van der Waals surface area contributed by atoms with Gasteiger partial charge in [-0.1, -0.05) is 26.2 Å². The maximum absolute atomic E-state index is 12.4. The molecule has 0 aromatic heterocycles. The number of amides is 1. The number of rotatable bonds is 6. The largest absolute Gasteiger partial charge is 0.481 e. The minimum absolute atomic E-state index is 0.0951. The average Bonchev–Trinajstić information content (AvgIpc) is 3.12. The van der Waals surface area contributed by atoms with E-state index in [1.807, 2.05) is 6.92 Å². The molecule has 2 saturated carbocycles. The molecule has 5 nitrogen and oxygen atoms in total. The minimum atomic E-state index is -0.858. The Morgan fingerprint density at radius 3 is 2.33 bits per heavy atom. The Bertz CT molecular complexity index is 390. The van der Waals surface area contributed by atoms with E-state index >= 15 is 0 Å². The van der Waals surface area contributed by atoms with Crippen molar-refractivity contribution >= 4 is 11.9 Å². The van der Waals surface area contributed by atoms with Crippen LogP contribution in [0, 0.1) is 23.2 Å². The maximum atomic E-state index is 12.4. The Hall–Kier alpha value is -1.10. The molecular weight excluding hydrogens is 270 g/mol. The molecule has 0 aromatic carbocycles. The van der Waals surface area contributed by atoms with Gasteiger partial charge in [0, 0.05) is 12.0 Å². The summed E-state index contributed by atoms with van der Waals surface area (Å²) in [5, 5.41) is 21.8. The monoisotopic (exact) mass is 297 g/mol. The molecule has 0 aromatic rings. The maximum Gasteiger partial charge on any atom is 0.307 e. The van der Waals surface area contributed by atoms with Crippen molar-refractivity contribution in [3.8, 4) is 0 Å². The summed E-state index contributed by atoms with van der Waals surface area (Å²) in [5.41, 5.74) is -0.183. The second-order valence-electron chi connectivity index (χ2n) is 6.88. The smallest absolute Gasteiger partial charge is 0.307 e. The number of nitrogens with one attached hydrogen (secondary N) is 1. The Labute approximate surface area is 126 Å². The van der Waals surface area contributed by atoms with Gasteiger partial charge in [0.15, 0.2) is 0 Å². The molecule has 2 rings (SSSR count). The lowest BCUT2D eigenvalue weighted by Gasteiger charge is -2.27. The standard InChI is InChI=1S/C16H27NO4/c1-2-11-7-12(13(8-11)15(20)21)14(19)17-9-16(10-18)5-3-4-6-16/h11-13,18H,2-10H2,1H3,(H,17,19)(H,20,21)/t11?,12-,13+/m0/s1. The van der Waals surface area contributed by atoms with E-state index in [1.165, 1.54) is 0 Å². The SMILES string of the molecule is CCC1C[C@H](C(=O)NCC2(CO)CCCC2)[C@H](C(=O)O)C1. The van der Waals surface area contributed by atoms with Gasteiger partial charge in [0.2, 0.25) is 5.91 Å². The first-order chi connectivity index (χ1) is 10.0. The van der Waals surface area contributed by atoms with Crippen LogP contribution in [-0.4, -0.2) is 35.2 Å². The second kappa shape index (κ2) is 6.77. The number of carbonyl (C=O) groups excluding carboxylic acids is 1. The first kappa shape index (κ1) is 16.3. The van der Waals surface area contributed by atoms with Crippen LogP contribution in [-0.2, 0) is 9.59 Å². The highest BCUT2D eigenvalue weighted by molar-refractivity contribution is 5.85. The third-order valence-electron chi connectivity index (χ3n) is 5.53. The summed E-state index contributed by atoms with van der Waals surface area (Å²) in [7, 11) is 0. The first-order valence-corrected chi connectivity index (χ1v) is 8.12. The van der Waals surface area contributed by atoms with Crippen LogP contribution in [0.25, 0.3) is 0 Å². The Kier molecular flexibility index (Phi) is 5.25. The van der Waals surface area contributed by atoms with Crippen molar-refractivity contribution in [2.24, 2.45) is 23.2 Å². The van der Waals surface area contributed by atoms with Crippen LogP contribution in [0.2, 0.25) is 0 Å². The number of aliphatic hydroxyl groups is 1. The van der Waals surface area contributed by atoms with E-state index in [-0.39, 0.29) is 17.9 Å². The van der Waals surface area contributed by atoms with E-state index in [4.69, 9.17) is 0 Å². The molecule has 2 aliphatic rings. The van der Waals surface area contributed by atoms with Gasteiger partial charge in [-0.25, -0.2) is 0 Å². The molecule has 120 valence electrons. The molecule has 1 amide bonds. The Morgan fingerprint density at radius 1 is 1.19 bits per heavy atom. The lowest BCUT2D eigenvalue weighted by atomic mass is 9.86. The number of carbonyl (C=O) groups is 2. The zero-order valence-corrected chi connectivity index (χ0v) is 12.8. The molecule has 0 heterocycles. The molecule has 2 fully saturated rings. The van der Waals surface area contributed by atoms with Crippen molar-refractivity contribution in [3.63, 3.8) is 0 Å². The molecule has 3 atom stereocenters. The van der Waals surface area contributed by atoms with E-state index in [2.05, 4.69) is 5.32 Å². The van der Waals surface area contributed by atoms with Gasteiger partial charge in [-0.05, 0) is 31.6 Å². The molecule has 2 aliphatic carbocycles. The molecule has 5 heteroatoms. The van der Waals surface area contributed by atoms with Gasteiger partial charge >= 0.3 is 5.97 Å². The number of aliphatic hydroxyl groups excluding tert-OH is 1. The summed E-state index contributed by atoms with van der Waals surface area (Å²) >= 11 is 0. The summed E-state index contributed by atoms with van der Waals surface area (Å²) in [4.78, 5) is 23.7. The van der Waals surface area contributed by atoms with Crippen molar-refractivity contribution in [2.75, 3.05) is 13.2 Å². The highest BCUT2D eigenvalue weighted by Crippen LogP contribution is 2.40. The molecule has 0 radical (unpaired) electrons. The van der Waals surface area contributed by atoms with Crippen molar-refractivity contribution in [2.45, 2.75) is 51.9 Å². The molecule has 0 bridgehead atoms. The number of carboxylic acids is 1. The summed E-state index contributed by atoms with van der Waals surface area (Å²) in [5.74, 6) is -1.63. The Balaban J connectivity index is 1.94. The van der Waals surface area contributed by atoms with E-state index in [9.17, 15) is 19.8 Å². The molecule has 3 N–H and O–H groups in total. The Morgan fingerprint density at radius 2 is 1.81 bits per heavy atom. The van der Waals surface area contributed by atoms with E-state index in [1.54, 1.807) is 0 Å². The van der Waals surface area contributed by atoms with Gasteiger partial charge in [0.05, 0.1) is 18.4 Å². The predicted octanol–water partition coefficient (Wildman–Crippen LogP) is 1.79. The van der Waals surface area contributed by atoms with E-state index in [0.717, 1.165) is 32.1 Å². The number of hydrogen-bond donors (Lipinski definition) is 3. The van der Waals surface area contributed by atoms with Gasteiger partial charge in [0.25, 0.3) is 0 Å². The van der Waals surface area contributed by atoms with Crippen molar-refractivity contribution in [3.05, 3.63) is 0 Å². The van der Waals surface area contributed by atoms with Crippen LogP contribution < -0.4 is 5.32 Å². The van der Waals surface area contributed by atoms with Gasteiger partial charge in [-0.2, -0.15) is 0 Å².